The van der Waals surface area contributed by atoms with Gasteiger partial charge in [-0.05, 0) is 42.5 Å². The number of aromatic nitrogens is 2. The highest BCUT2D eigenvalue weighted by Gasteiger charge is 2.15. The number of H-pyrrole nitrogens is 1. The van der Waals surface area contributed by atoms with Crippen LogP contribution >= 0.6 is 46.4 Å². The summed E-state index contributed by atoms with van der Waals surface area (Å²) in [6.45, 7) is 3.32. The van der Waals surface area contributed by atoms with Crippen LogP contribution in [-0.4, -0.2) is 34.0 Å². The third-order valence-electron chi connectivity index (χ3n) is 4.15. The Morgan fingerprint density at radius 1 is 1.25 bits per heavy atom. The van der Waals surface area contributed by atoms with E-state index >= 15 is 0 Å². The maximum Gasteiger partial charge on any atom is 0.139 e. The highest BCUT2D eigenvalue weighted by atomic mass is 32.2. The number of thiazole rings is 1. The first kappa shape index (κ1) is 19.8. The fourth-order valence-corrected chi connectivity index (χ4v) is 6.41. The van der Waals surface area contributed by atoms with Crippen LogP contribution in [-0.2, 0) is 5.75 Å². The summed E-state index contributed by atoms with van der Waals surface area (Å²) in [4.78, 5) is 9.45. The van der Waals surface area contributed by atoms with E-state index in [4.69, 9.17) is 5.11 Å². The molecule has 0 atom stereocenters. The number of aromatic amines is 1. The number of thioether (sulfide) groups is 1. The molecule has 0 unspecified atom stereocenters. The van der Waals surface area contributed by atoms with Gasteiger partial charge in [-0.1, -0.05) is 18.2 Å². The van der Waals surface area contributed by atoms with E-state index in [1.165, 1.54) is 20.2 Å². The molecule has 0 radical (unpaired) electrons. The Hall–Kier alpha value is -1.45. The van der Waals surface area contributed by atoms with Crippen molar-refractivity contribution in [2.45, 2.75) is 16.9 Å². The fraction of sp³-hybridized carbons (Fsp3) is 0.250. The van der Waals surface area contributed by atoms with E-state index < -0.39 is 0 Å². The number of aliphatic hydroxyl groups is 1. The lowest BCUT2D eigenvalue weighted by molar-refractivity contribution is 0.322. The van der Waals surface area contributed by atoms with Crippen LogP contribution in [0.15, 0.2) is 52.2 Å². The van der Waals surface area contributed by atoms with Gasteiger partial charge in [0.1, 0.15) is 5.01 Å². The summed E-state index contributed by atoms with van der Waals surface area (Å²) in [6, 6.07) is 12.9. The van der Waals surface area contributed by atoms with Crippen molar-refractivity contribution >= 4 is 63.0 Å². The number of nitrogens with zero attached hydrogens (tertiary/aromatic N) is 2. The van der Waals surface area contributed by atoms with Gasteiger partial charge in [0.25, 0.3) is 0 Å². The molecule has 3 heterocycles. The lowest BCUT2D eigenvalue weighted by Crippen LogP contribution is -2.13. The van der Waals surface area contributed by atoms with E-state index in [9.17, 15) is 0 Å². The Bertz CT molecular complexity index is 1030. The SMILES string of the molecule is CCN(Sc1cccs1)c1cccc2cc(-c3ncc(CSCCO)s3)[nH]c12. The topological polar surface area (TPSA) is 52.1 Å². The molecule has 0 aliphatic rings. The average Bonchev–Trinajstić information content (AvgIpc) is 3.45. The number of thiophene rings is 1. The Balaban J connectivity index is 1.61. The fourth-order valence-electron chi connectivity index (χ4n) is 2.91. The zero-order valence-corrected chi connectivity index (χ0v) is 18.7. The van der Waals surface area contributed by atoms with E-state index in [2.05, 4.69) is 63.0 Å². The largest absolute Gasteiger partial charge is 0.396 e. The first-order valence-corrected chi connectivity index (χ1v) is 12.7. The Morgan fingerprint density at radius 3 is 2.96 bits per heavy atom. The Labute approximate surface area is 181 Å². The smallest absolute Gasteiger partial charge is 0.139 e. The quantitative estimate of drug-likeness (QED) is 0.239. The highest BCUT2D eigenvalue weighted by molar-refractivity contribution is 8.02. The van der Waals surface area contributed by atoms with Gasteiger partial charge < -0.3 is 14.4 Å². The minimum Gasteiger partial charge on any atom is -0.396 e. The van der Waals surface area contributed by atoms with Crippen LogP contribution in [0.3, 0.4) is 0 Å². The normalized spacial score (nSPS) is 11.4. The second kappa shape index (κ2) is 9.37. The van der Waals surface area contributed by atoms with Gasteiger partial charge in [-0.25, -0.2) is 4.98 Å². The monoisotopic (exact) mass is 447 g/mol. The summed E-state index contributed by atoms with van der Waals surface area (Å²) in [5.74, 6) is 1.66. The number of benzene rings is 1. The van der Waals surface area contributed by atoms with Crippen molar-refractivity contribution in [1.82, 2.24) is 9.97 Å². The molecule has 0 aliphatic carbocycles. The van der Waals surface area contributed by atoms with Gasteiger partial charge >= 0.3 is 0 Å². The zero-order chi connectivity index (χ0) is 19.3. The highest BCUT2D eigenvalue weighted by Crippen LogP contribution is 2.37. The molecule has 0 fully saturated rings. The van der Waals surface area contributed by atoms with Gasteiger partial charge in [0.05, 0.1) is 27.7 Å². The predicted octanol–water partition coefficient (Wildman–Crippen LogP) is 6.11. The molecular formula is C20H21N3OS4. The van der Waals surface area contributed by atoms with Crippen molar-refractivity contribution in [3.8, 4) is 10.7 Å². The predicted molar refractivity (Wildman–Crippen MR) is 126 cm³/mol. The number of rotatable bonds is 9. The van der Waals surface area contributed by atoms with E-state index in [-0.39, 0.29) is 6.61 Å². The van der Waals surface area contributed by atoms with Crippen molar-refractivity contribution in [3.63, 3.8) is 0 Å². The summed E-state index contributed by atoms with van der Waals surface area (Å²) in [5, 5.41) is 13.3. The molecule has 0 spiro atoms. The maximum atomic E-state index is 8.94. The van der Waals surface area contributed by atoms with Crippen LogP contribution in [0.1, 0.15) is 11.8 Å². The lowest BCUT2D eigenvalue weighted by atomic mass is 10.2. The average molecular weight is 448 g/mol. The molecule has 8 heteroatoms. The molecule has 0 amide bonds. The van der Waals surface area contributed by atoms with Crippen LogP contribution in [0.2, 0.25) is 0 Å². The van der Waals surface area contributed by atoms with E-state index in [1.807, 2.05) is 6.20 Å². The number of nitrogens with one attached hydrogen (secondary N) is 1. The molecule has 28 heavy (non-hydrogen) atoms. The van der Waals surface area contributed by atoms with E-state index in [1.54, 1.807) is 46.4 Å². The molecule has 146 valence electrons. The summed E-state index contributed by atoms with van der Waals surface area (Å²) in [6.07, 6.45) is 1.95. The number of hydrogen-bond donors (Lipinski definition) is 2. The van der Waals surface area contributed by atoms with Crippen LogP contribution in [0.5, 0.6) is 0 Å². The number of fused-ring (bicyclic) bond motifs is 1. The molecular weight excluding hydrogens is 427 g/mol. The molecule has 4 aromatic rings. The summed E-state index contributed by atoms with van der Waals surface area (Å²) >= 11 is 6.99. The second-order valence-electron chi connectivity index (χ2n) is 6.05. The summed E-state index contributed by atoms with van der Waals surface area (Å²) in [7, 11) is 0. The van der Waals surface area contributed by atoms with E-state index in [0.29, 0.717) is 0 Å². The minimum atomic E-state index is 0.221. The lowest BCUT2D eigenvalue weighted by Gasteiger charge is -2.21. The molecule has 0 saturated carbocycles. The zero-order valence-electron chi connectivity index (χ0n) is 15.4. The molecule has 0 saturated heterocycles. The molecule has 2 N–H and O–H groups in total. The van der Waals surface area contributed by atoms with Gasteiger partial charge in [-0.15, -0.1) is 22.7 Å². The summed E-state index contributed by atoms with van der Waals surface area (Å²) in [5.41, 5.74) is 3.40. The Kier molecular flexibility index (Phi) is 6.64. The van der Waals surface area contributed by atoms with Crippen LogP contribution < -0.4 is 4.31 Å². The first-order valence-electron chi connectivity index (χ1n) is 9.03. The molecule has 4 nitrogen and oxygen atoms in total. The molecule has 1 aromatic carbocycles. The van der Waals surface area contributed by atoms with Crippen LogP contribution in [0.4, 0.5) is 5.69 Å². The third-order valence-corrected chi connectivity index (χ3v) is 8.51. The second-order valence-corrected chi connectivity index (χ2v) is 10.5. The van der Waals surface area contributed by atoms with Crippen LogP contribution in [0.25, 0.3) is 21.6 Å². The Morgan fingerprint density at radius 2 is 2.18 bits per heavy atom. The van der Waals surface area contributed by atoms with Gasteiger partial charge in [-0.2, -0.15) is 11.8 Å². The number of aliphatic hydroxyl groups excluding tert-OH is 1. The van der Waals surface area contributed by atoms with Gasteiger partial charge in [0.15, 0.2) is 0 Å². The minimum absolute atomic E-state index is 0.221. The number of hydrogen-bond acceptors (Lipinski definition) is 7. The summed E-state index contributed by atoms with van der Waals surface area (Å²) < 4.78 is 3.61. The van der Waals surface area contributed by atoms with Crippen molar-refractivity contribution in [2.75, 3.05) is 23.2 Å². The number of para-hydroxylation sites is 1. The van der Waals surface area contributed by atoms with Gasteiger partial charge in [0.2, 0.25) is 0 Å². The first-order chi connectivity index (χ1) is 13.8. The van der Waals surface area contributed by atoms with Gasteiger partial charge in [-0.3, -0.25) is 0 Å². The van der Waals surface area contributed by atoms with Crippen molar-refractivity contribution in [1.29, 1.82) is 0 Å². The molecule has 4 rings (SSSR count). The van der Waals surface area contributed by atoms with Crippen molar-refractivity contribution < 1.29 is 5.11 Å². The molecule has 0 aliphatic heterocycles. The molecule has 0 bridgehead atoms. The maximum absolute atomic E-state index is 8.94. The van der Waals surface area contributed by atoms with E-state index in [0.717, 1.165) is 34.3 Å². The van der Waals surface area contributed by atoms with Crippen molar-refractivity contribution in [2.24, 2.45) is 0 Å². The number of anilines is 1. The third kappa shape index (κ3) is 4.41. The molecule has 3 aromatic heterocycles. The van der Waals surface area contributed by atoms with Gasteiger partial charge in [0, 0.05) is 34.5 Å². The van der Waals surface area contributed by atoms with Crippen molar-refractivity contribution in [3.05, 3.63) is 52.9 Å². The van der Waals surface area contributed by atoms with Crippen LogP contribution in [0, 0.1) is 0 Å². The standard InChI is InChI=1S/C20H21N3OS4/c1-2-23(28-18-7-4-9-26-18)17-6-3-5-14-11-16(22-19(14)17)20-21-12-15(27-20)13-25-10-8-24/h3-7,9,11-12,22,24H,2,8,10,13H2,1H3.